The second kappa shape index (κ2) is 10.8. The van der Waals surface area contributed by atoms with Crippen LogP contribution in [0.2, 0.25) is 0 Å². The van der Waals surface area contributed by atoms with E-state index in [1.807, 2.05) is 12.1 Å². The molecule has 188 valence electrons. The van der Waals surface area contributed by atoms with Crippen molar-refractivity contribution in [1.29, 1.82) is 0 Å². The molecule has 0 saturated carbocycles. The Morgan fingerprint density at radius 1 is 1.03 bits per heavy atom. The Bertz CT molecular complexity index is 1020. The highest BCUT2D eigenvalue weighted by molar-refractivity contribution is 5.91. The topological polar surface area (TPSA) is 76.7 Å². The van der Waals surface area contributed by atoms with Gasteiger partial charge in [0.05, 0.1) is 12.0 Å². The van der Waals surface area contributed by atoms with Crippen LogP contribution in [0, 0.1) is 11.3 Å². The van der Waals surface area contributed by atoms with Crippen molar-refractivity contribution in [1.82, 2.24) is 5.32 Å². The molecule has 2 aliphatic rings. The number of alkyl halides is 2. The Morgan fingerprint density at radius 2 is 1.74 bits per heavy atom. The van der Waals surface area contributed by atoms with Crippen LogP contribution in [-0.2, 0) is 31.5 Å². The van der Waals surface area contributed by atoms with Crippen molar-refractivity contribution in [3.63, 3.8) is 0 Å². The number of ketones is 1. The fourth-order valence-electron chi connectivity index (χ4n) is 4.71. The summed E-state index contributed by atoms with van der Waals surface area (Å²) in [6.45, 7) is 3.06. The zero-order chi connectivity index (χ0) is 24.9. The van der Waals surface area contributed by atoms with Gasteiger partial charge in [-0.25, -0.2) is 8.78 Å². The zero-order valence-corrected chi connectivity index (χ0v) is 19.9. The molecular weight excluding hydrogens is 454 g/mol. The van der Waals surface area contributed by atoms with Gasteiger partial charge in [-0.05, 0) is 43.0 Å². The first kappa shape index (κ1) is 25.3. The fourth-order valence-corrected chi connectivity index (χ4v) is 4.71. The van der Waals surface area contributed by atoms with Crippen LogP contribution in [0.15, 0.2) is 48.5 Å². The third-order valence-corrected chi connectivity index (χ3v) is 6.86. The Balaban J connectivity index is 1.36. The predicted molar refractivity (Wildman–Crippen MR) is 129 cm³/mol. The van der Waals surface area contributed by atoms with Gasteiger partial charge in [0.1, 0.15) is 5.78 Å². The average Bonchev–Trinajstić information content (AvgIpc) is 3.33. The Hall–Kier alpha value is -2.84. The highest BCUT2D eigenvalue weighted by atomic mass is 19.3. The molecule has 4 rings (SSSR count). The molecule has 0 radical (unpaired) electrons. The molecular formula is C27H32F2N2O4. The summed E-state index contributed by atoms with van der Waals surface area (Å²) in [5.74, 6) is -3.06. The lowest BCUT2D eigenvalue weighted by Crippen LogP contribution is -2.44. The SMILES string of the molecule is CC(F)(F)c1ccccc1Nc1ccc(CNC(=O)[C@]2(CC(=O)C3CCOCC3)CCOC2)cc1. The molecule has 2 aromatic rings. The molecule has 2 N–H and O–H groups in total. The van der Waals surface area contributed by atoms with Gasteiger partial charge in [-0.1, -0.05) is 30.3 Å². The van der Waals surface area contributed by atoms with Crippen molar-refractivity contribution in [3.05, 3.63) is 59.7 Å². The number of halogens is 2. The summed E-state index contributed by atoms with van der Waals surface area (Å²) < 4.78 is 38.6. The maximum Gasteiger partial charge on any atom is 0.272 e. The summed E-state index contributed by atoms with van der Waals surface area (Å²) in [5, 5.41) is 6.02. The van der Waals surface area contributed by atoms with Crippen LogP contribution in [-0.4, -0.2) is 38.1 Å². The Morgan fingerprint density at radius 3 is 2.40 bits per heavy atom. The van der Waals surface area contributed by atoms with E-state index in [0.29, 0.717) is 57.0 Å². The number of para-hydroxylation sites is 1. The Kier molecular flexibility index (Phi) is 7.82. The van der Waals surface area contributed by atoms with Crippen molar-refractivity contribution < 1.29 is 27.8 Å². The molecule has 2 heterocycles. The molecule has 2 fully saturated rings. The van der Waals surface area contributed by atoms with Crippen molar-refractivity contribution in [3.8, 4) is 0 Å². The van der Waals surface area contributed by atoms with Gasteiger partial charge in [0.2, 0.25) is 5.91 Å². The van der Waals surface area contributed by atoms with Gasteiger partial charge in [0, 0.05) is 62.6 Å². The third kappa shape index (κ3) is 6.24. The highest BCUT2D eigenvalue weighted by Crippen LogP contribution is 2.36. The first-order valence-corrected chi connectivity index (χ1v) is 12.1. The van der Waals surface area contributed by atoms with Crippen LogP contribution in [0.4, 0.5) is 20.2 Å². The van der Waals surface area contributed by atoms with E-state index in [9.17, 15) is 18.4 Å². The van der Waals surface area contributed by atoms with E-state index in [4.69, 9.17) is 9.47 Å². The number of ether oxygens (including phenoxy) is 2. The fraction of sp³-hybridized carbons (Fsp3) is 0.481. The van der Waals surface area contributed by atoms with Gasteiger partial charge in [-0.3, -0.25) is 9.59 Å². The van der Waals surface area contributed by atoms with Crippen LogP contribution in [0.1, 0.15) is 43.7 Å². The maximum atomic E-state index is 13.9. The molecule has 2 aliphatic heterocycles. The van der Waals surface area contributed by atoms with Gasteiger partial charge in [0.25, 0.3) is 5.92 Å². The van der Waals surface area contributed by atoms with Crippen molar-refractivity contribution in [2.24, 2.45) is 11.3 Å². The normalized spacial score (nSPS) is 21.0. The zero-order valence-electron chi connectivity index (χ0n) is 19.9. The van der Waals surface area contributed by atoms with Crippen molar-refractivity contribution >= 4 is 23.1 Å². The summed E-state index contributed by atoms with van der Waals surface area (Å²) in [4.78, 5) is 26.0. The number of hydrogen-bond donors (Lipinski definition) is 2. The van der Waals surface area contributed by atoms with E-state index < -0.39 is 11.3 Å². The van der Waals surface area contributed by atoms with E-state index in [-0.39, 0.29) is 36.2 Å². The van der Waals surface area contributed by atoms with Crippen LogP contribution >= 0.6 is 0 Å². The van der Waals surface area contributed by atoms with Crippen LogP contribution < -0.4 is 10.6 Å². The summed E-state index contributed by atoms with van der Waals surface area (Å²) in [5.41, 5.74) is 0.975. The van der Waals surface area contributed by atoms with Crippen LogP contribution in [0.5, 0.6) is 0 Å². The smallest absolute Gasteiger partial charge is 0.272 e. The van der Waals surface area contributed by atoms with Gasteiger partial charge in [-0.2, -0.15) is 0 Å². The molecule has 0 bridgehead atoms. The molecule has 0 spiro atoms. The van der Waals surface area contributed by atoms with Crippen LogP contribution in [0.3, 0.4) is 0 Å². The summed E-state index contributed by atoms with van der Waals surface area (Å²) >= 11 is 0. The largest absolute Gasteiger partial charge is 0.381 e. The summed E-state index contributed by atoms with van der Waals surface area (Å²) in [7, 11) is 0. The van der Waals surface area contributed by atoms with E-state index in [2.05, 4.69) is 10.6 Å². The number of nitrogens with one attached hydrogen (secondary N) is 2. The van der Waals surface area contributed by atoms with Crippen molar-refractivity contribution in [2.45, 2.75) is 45.1 Å². The van der Waals surface area contributed by atoms with Gasteiger partial charge < -0.3 is 20.1 Å². The molecule has 35 heavy (non-hydrogen) atoms. The lowest BCUT2D eigenvalue weighted by atomic mass is 9.77. The molecule has 2 aromatic carbocycles. The first-order chi connectivity index (χ1) is 16.8. The van der Waals surface area contributed by atoms with E-state index in [1.54, 1.807) is 30.3 Å². The highest BCUT2D eigenvalue weighted by Gasteiger charge is 2.45. The summed E-state index contributed by atoms with van der Waals surface area (Å²) in [6, 6.07) is 13.6. The molecule has 0 aromatic heterocycles. The molecule has 2 saturated heterocycles. The second-order valence-corrected chi connectivity index (χ2v) is 9.55. The lowest BCUT2D eigenvalue weighted by Gasteiger charge is -2.28. The van der Waals surface area contributed by atoms with E-state index in [0.717, 1.165) is 12.5 Å². The van der Waals surface area contributed by atoms with Crippen LogP contribution in [0.25, 0.3) is 0 Å². The van der Waals surface area contributed by atoms with Gasteiger partial charge >= 0.3 is 0 Å². The maximum absolute atomic E-state index is 13.9. The lowest BCUT2D eigenvalue weighted by molar-refractivity contribution is -0.138. The number of rotatable bonds is 9. The first-order valence-electron chi connectivity index (χ1n) is 12.1. The molecule has 0 unspecified atom stereocenters. The third-order valence-electron chi connectivity index (χ3n) is 6.86. The molecule has 1 amide bonds. The van der Waals surface area contributed by atoms with E-state index in [1.165, 1.54) is 6.07 Å². The monoisotopic (exact) mass is 486 g/mol. The minimum atomic E-state index is -2.96. The molecule has 6 nitrogen and oxygen atoms in total. The number of carbonyl (C=O) groups excluding carboxylic acids is 2. The number of benzene rings is 2. The summed E-state index contributed by atoms with van der Waals surface area (Å²) in [6.07, 6.45) is 2.13. The standard InChI is InChI=1S/C27H32F2N2O4/c1-26(28,29)22-4-2-3-5-23(22)31-21-8-6-19(7-9-21)17-30-25(33)27(12-15-35-18-27)16-24(32)20-10-13-34-14-11-20/h2-9,20,31H,10-18H2,1H3,(H,30,33)/t27-/m0/s1. The predicted octanol–water partition coefficient (Wildman–Crippen LogP) is 4.95. The number of hydrogen-bond acceptors (Lipinski definition) is 5. The minimum Gasteiger partial charge on any atom is -0.381 e. The van der Waals surface area contributed by atoms with E-state index >= 15 is 0 Å². The minimum absolute atomic E-state index is 0.0492. The number of anilines is 2. The van der Waals surface area contributed by atoms with Gasteiger partial charge in [-0.15, -0.1) is 0 Å². The second-order valence-electron chi connectivity index (χ2n) is 9.55. The average molecular weight is 487 g/mol. The number of amides is 1. The quantitative estimate of drug-likeness (QED) is 0.525. The van der Waals surface area contributed by atoms with Gasteiger partial charge in [0.15, 0.2) is 0 Å². The Labute approximate surface area is 204 Å². The number of carbonyl (C=O) groups is 2. The molecule has 1 atom stereocenters. The number of Topliss-reactive ketones (excluding diaryl/α,β-unsaturated/α-hetero) is 1. The molecule has 8 heteroatoms. The molecule has 0 aliphatic carbocycles. The van der Waals surface area contributed by atoms with Crippen molar-refractivity contribution in [2.75, 3.05) is 31.7 Å².